The number of carbonyl (C=O) groups excluding carboxylic acids is 2. The maximum absolute atomic E-state index is 12.9. The fourth-order valence-electron chi connectivity index (χ4n) is 4.02. The molecule has 0 N–H and O–H groups in total. The Labute approximate surface area is 158 Å². The van der Waals surface area contributed by atoms with Crippen LogP contribution in [0.25, 0.3) is 0 Å². The fourth-order valence-corrected chi connectivity index (χ4v) is 5.73. The van der Waals surface area contributed by atoms with Gasteiger partial charge in [-0.15, -0.1) is 0 Å². The van der Waals surface area contributed by atoms with Gasteiger partial charge in [0.05, 0.1) is 5.92 Å². The summed E-state index contributed by atoms with van der Waals surface area (Å²) in [6.45, 7) is 4.79. The number of rotatable bonds is 4. The average Bonchev–Trinajstić information content (AvgIpc) is 3.32. The van der Waals surface area contributed by atoms with E-state index in [9.17, 15) is 18.0 Å². The van der Waals surface area contributed by atoms with Crippen molar-refractivity contribution in [1.29, 1.82) is 0 Å². The molecule has 27 heavy (non-hydrogen) atoms. The third-order valence-corrected chi connectivity index (χ3v) is 7.76. The van der Waals surface area contributed by atoms with Gasteiger partial charge in [0.15, 0.2) is 5.76 Å². The van der Waals surface area contributed by atoms with Crippen LogP contribution < -0.4 is 0 Å². The molecule has 0 spiro atoms. The summed E-state index contributed by atoms with van der Waals surface area (Å²) in [6, 6.07) is 0.326. The molecule has 10 heteroatoms. The Hall–Kier alpha value is -1.94. The molecule has 1 aromatic heterocycles. The molecule has 3 fully saturated rings. The second-order valence-electron chi connectivity index (χ2n) is 7.56. The first kappa shape index (κ1) is 18.4. The van der Waals surface area contributed by atoms with Crippen LogP contribution >= 0.6 is 0 Å². The lowest BCUT2D eigenvalue weighted by Gasteiger charge is -2.35. The van der Waals surface area contributed by atoms with Crippen LogP contribution in [0.2, 0.25) is 0 Å². The Morgan fingerprint density at radius 2 is 1.81 bits per heavy atom. The molecule has 1 aromatic rings. The molecule has 3 aliphatic rings. The second-order valence-corrected chi connectivity index (χ2v) is 9.44. The van der Waals surface area contributed by atoms with Gasteiger partial charge in [-0.25, -0.2) is 8.42 Å². The number of aryl methyl sites for hydroxylation is 2. The molecular formula is C17H24N4O5S. The number of likely N-dealkylation sites (tertiary alicyclic amines) is 1. The summed E-state index contributed by atoms with van der Waals surface area (Å²) in [5.41, 5.74) is 0.343. The van der Waals surface area contributed by atoms with Crippen LogP contribution in [0.4, 0.5) is 0 Å². The van der Waals surface area contributed by atoms with E-state index in [1.807, 2.05) is 4.90 Å². The summed E-state index contributed by atoms with van der Waals surface area (Å²) in [4.78, 5) is 28.5. The normalized spacial score (nSPS) is 24.7. The first-order valence-electron chi connectivity index (χ1n) is 9.30. The number of amides is 2. The molecule has 1 unspecified atom stereocenters. The van der Waals surface area contributed by atoms with Crippen molar-refractivity contribution in [3.8, 4) is 0 Å². The van der Waals surface area contributed by atoms with Crippen LogP contribution in [0.5, 0.6) is 0 Å². The number of hydrogen-bond donors (Lipinski definition) is 0. The van der Waals surface area contributed by atoms with Crippen molar-refractivity contribution < 1.29 is 22.5 Å². The molecule has 2 amide bonds. The van der Waals surface area contributed by atoms with Crippen molar-refractivity contribution in [3.63, 3.8) is 0 Å². The van der Waals surface area contributed by atoms with E-state index in [4.69, 9.17) is 4.52 Å². The van der Waals surface area contributed by atoms with E-state index in [0.29, 0.717) is 31.4 Å². The first-order chi connectivity index (χ1) is 12.8. The largest absolute Gasteiger partial charge is 0.360 e. The lowest BCUT2D eigenvalue weighted by molar-refractivity contribution is -0.137. The van der Waals surface area contributed by atoms with Crippen LogP contribution in [0.1, 0.15) is 30.7 Å². The Bertz CT molecular complexity index is 848. The minimum absolute atomic E-state index is 0.0408. The zero-order chi connectivity index (χ0) is 19.3. The maximum atomic E-state index is 12.9. The lowest BCUT2D eigenvalue weighted by atomic mass is 10.1. The van der Waals surface area contributed by atoms with E-state index in [-0.39, 0.29) is 47.9 Å². The van der Waals surface area contributed by atoms with E-state index in [0.717, 1.165) is 12.8 Å². The van der Waals surface area contributed by atoms with Crippen molar-refractivity contribution >= 4 is 21.8 Å². The third-order valence-electron chi connectivity index (χ3n) is 5.61. The number of nitrogens with zero attached hydrogens (tertiary/aromatic N) is 4. The highest BCUT2D eigenvalue weighted by molar-refractivity contribution is 7.89. The second kappa shape index (κ2) is 6.59. The molecule has 1 aliphatic carbocycles. The zero-order valence-corrected chi connectivity index (χ0v) is 16.4. The molecule has 148 valence electrons. The summed E-state index contributed by atoms with van der Waals surface area (Å²) < 4.78 is 32.1. The third kappa shape index (κ3) is 3.25. The van der Waals surface area contributed by atoms with Crippen molar-refractivity contribution in [2.24, 2.45) is 5.92 Å². The molecule has 0 radical (unpaired) electrons. The zero-order valence-electron chi connectivity index (χ0n) is 15.5. The van der Waals surface area contributed by atoms with Gasteiger partial charge < -0.3 is 14.3 Å². The molecule has 1 saturated carbocycles. The summed E-state index contributed by atoms with van der Waals surface area (Å²) in [6.07, 6.45) is 2.34. The van der Waals surface area contributed by atoms with Crippen molar-refractivity contribution in [2.75, 3.05) is 32.7 Å². The van der Waals surface area contributed by atoms with Crippen molar-refractivity contribution in [3.05, 3.63) is 11.5 Å². The summed E-state index contributed by atoms with van der Waals surface area (Å²) >= 11 is 0. The topological polar surface area (TPSA) is 104 Å². The van der Waals surface area contributed by atoms with Crippen LogP contribution in [0.3, 0.4) is 0 Å². The average molecular weight is 396 g/mol. The molecule has 1 atom stereocenters. The maximum Gasteiger partial charge on any atom is 0.248 e. The van der Waals surface area contributed by atoms with Gasteiger partial charge in [-0.3, -0.25) is 9.59 Å². The summed E-state index contributed by atoms with van der Waals surface area (Å²) in [7, 11) is -3.69. The highest BCUT2D eigenvalue weighted by Crippen LogP contribution is 2.33. The predicted octanol–water partition coefficient (Wildman–Crippen LogP) is 0.135. The first-order valence-corrected chi connectivity index (χ1v) is 10.7. The van der Waals surface area contributed by atoms with Crippen LogP contribution in [0.15, 0.2) is 9.42 Å². The van der Waals surface area contributed by atoms with Gasteiger partial charge in [0, 0.05) is 45.2 Å². The number of piperazine rings is 1. The predicted molar refractivity (Wildman–Crippen MR) is 94.2 cm³/mol. The summed E-state index contributed by atoms with van der Waals surface area (Å²) in [5.74, 6) is -0.00387. The molecule has 3 heterocycles. The molecule has 2 aliphatic heterocycles. The smallest absolute Gasteiger partial charge is 0.248 e. The van der Waals surface area contributed by atoms with Crippen molar-refractivity contribution in [2.45, 2.75) is 44.0 Å². The van der Waals surface area contributed by atoms with Gasteiger partial charge in [-0.2, -0.15) is 4.31 Å². The molecular weight excluding hydrogens is 372 g/mol. The molecule has 0 bridgehead atoms. The molecule has 9 nitrogen and oxygen atoms in total. The molecule has 2 saturated heterocycles. The number of carbonyl (C=O) groups is 2. The highest BCUT2D eigenvalue weighted by atomic mass is 32.2. The Morgan fingerprint density at radius 1 is 1.15 bits per heavy atom. The molecule has 4 rings (SSSR count). The number of aromatic nitrogens is 1. The molecule has 0 aromatic carbocycles. The Morgan fingerprint density at radius 3 is 2.37 bits per heavy atom. The van der Waals surface area contributed by atoms with E-state index in [1.54, 1.807) is 18.7 Å². The monoisotopic (exact) mass is 396 g/mol. The van der Waals surface area contributed by atoms with Gasteiger partial charge in [0.1, 0.15) is 10.6 Å². The van der Waals surface area contributed by atoms with E-state index < -0.39 is 10.0 Å². The van der Waals surface area contributed by atoms with Crippen molar-refractivity contribution in [1.82, 2.24) is 19.3 Å². The minimum atomic E-state index is -3.69. The Kier molecular flexibility index (Phi) is 4.50. The van der Waals surface area contributed by atoms with Gasteiger partial charge >= 0.3 is 0 Å². The van der Waals surface area contributed by atoms with Crippen LogP contribution in [0, 0.1) is 19.8 Å². The quantitative estimate of drug-likeness (QED) is 0.717. The minimum Gasteiger partial charge on any atom is -0.360 e. The number of sulfonamides is 1. The SMILES string of the molecule is Cc1noc(C)c1S(=O)(=O)N1CCN(C(=O)C2CC(=O)N(C3CC3)C2)CC1. The number of hydrogen-bond acceptors (Lipinski definition) is 6. The standard InChI is InChI=1S/C17H24N4O5S/c1-11-16(12(2)26-18-11)27(24,25)20-7-5-19(6-8-20)17(23)13-9-15(22)21(10-13)14-3-4-14/h13-14H,3-10H2,1-2H3. The highest BCUT2D eigenvalue weighted by Gasteiger charge is 2.43. The van der Waals surface area contributed by atoms with E-state index in [1.165, 1.54) is 4.31 Å². The van der Waals surface area contributed by atoms with Gasteiger partial charge in [-0.1, -0.05) is 5.16 Å². The van der Waals surface area contributed by atoms with E-state index in [2.05, 4.69) is 5.16 Å². The summed E-state index contributed by atoms with van der Waals surface area (Å²) in [5, 5.41) is 3.72. The van der Waals surface area contributed by atoms with E-state index >= 15 is 0 Å². The van der Waals surface area contributed by atoms with Crippen LogP contribution in [-0.2, 0) is 19.6 Å². The fraction of sp³-hybridized carbons (Fsp3) is 0.706. The van der Waals surface area contributed by atoms with Crippen LogP contribution in [-0.4, -0.2) is 78.3 Å². The lowest BCUT2D eigenvalue weighted by Crippen LogP contribution is -2.52. The van der Waals surface area contributed by atoms with Gasteiger partial charge in [0.25, 0.3) is 0 Å². The van der Waals surface area contributed by atoms with Gasteiger partial charge in [0.2, 0.25) is 21.8 Å². The Balaban J connectivity index is 1.39. The van der Waals surface area contributed by atoms with Gasteiger partial charge in [-0.05, 0) is 26.7 Å².